The Labute approximate surface area is 136 Å². The first-order valence-corrected chi connectivity index (χ1v) is 7.57. The molecule has 5 nitrogen and oxygen atoms in total. The van der Waals surface area contributed by atoms with Gasteiger partial charge in [0, 0.05) is 42.9 Å². The second-order valence-corrected chi connectivity index (χ2v) is 5.38. The molecule has 2 aromatic heterocycles. The molecule has 0 aliphatic heterocycles. The minimum atomic E-state index is 0.237. The SMILES string of the molecule is COc1ccc(CN[C@@H](C)c2cccc(-n3ccnc3)c2)cn1. The fourth-order valence-corrected chi connectivity index (χ4v) is 2.39. The highest BCUT2D eigenvalue weighted by Gasteiger charge is 2.07. The maximum absolute atomic E-state index is 5.07. The molecule has 0 amide bonds. The summed E-state index contributed by atoms with van der Waals surface area (Å²) >= 11 is 0. The van der Waals surface area contributed by atoms with E-state index in [1.54, 1.807) is 19.6 Å². The molecule has 1 N–H and O–H groups in total. The summed E-state index contributed by atoms with van der Waals surface area (Å²) in [5.74, 6) is 0.634. The molecular weight excluding hydrogens is 288 g/mol. The van der Waals surface area contributed by atoms with Gasteiger partial charge in [0.05, 0.1) is 13.4 Å². The quantitative estimate of drug-likeness (QED) is 0.760. The first-order valence-electron chi connectivity index (χ1n) is 7.57. The van der Waals surface area contributed by atoms with Gasteiger partial charge in [-0.25, -0.2) is 9.97 Å². The average Bonchev–Trinajstić information content (AvgIpc) is 3.15. The zero-order valence-corrected chi connectivity index (χ0v) is 13.3. The lowest BCUT2D eigenvalue weighted by molar-refractivity contribution is 0.397. The van der Waals surface area contributed by atoms with Crippen molar-refractivity contribution >= 4 is 0 Å². The predicted molar refractivity (Wildman–Crippen MR) is 89.6 cm³/mol. The highest BCUT2D eigenvalue weighted by molar-refractivity contribution is 5.37. The van der Waals surface area contributed by atoms with Crippen LogP contribution in [-0.2, 0) is 6.54 Å². The van der Waals surface area contributed by atoms with E-state index < -0.39 is 0 Å². The van der Waals surface area contributed by atoms with Gasteiger partial charge in [-0.3, -0.25) is 0 Å². The van der Waals surface area contributed by atoms with Gasteiger partial charge in [0.25, 0.3) is 0 Å². The maximum Gasteiger partial charge on any atom is 0.212 e. The van der Waals surface area contributed by atoms with Gasteiger partial charge < -0.3 is 14.6 Å². The van der Waals surface area contributed by atoms with Crippen LogP contribution in [0.5, 0.6) is 5.88 Å². The maximum atomic E-state index is 5.07. The molecule has 0 saturated heterocycles. The Balaban J connectivity index is 1.65. The predicted octanol–water partition coefficient (Wildman–Crippen LogP) is 3.13. The zero-order chi connectivity index (χ0) is 16.1. The summed E-state index contributed by atoms with van der Waals surface area (Å²) in [6.45, 7) is 2.91. The van der Waals surface area contributed by atoms with Gasteiger partial charge in [-0.15, -0.1) is 0 Å². The van der Waals surface area contributed by atoms with Crippen molar-refractivity contribution in [3.8, 4) is 11.6 Å². The van der Waals surface area contributed by atoms with Gasteiger partial charge >= 0.3 is 0 Å². The van der Waals surface area contributed by atoms with E-state index >= 15 is 0 Å². The van der Waals surface area contributed by atoms with Crippen molar-refractivity contribution in [2.24, 2.45) is 0 Å². The number of imidazole rings is 1. The Bertz CT molecular complexity index is 738. The molecule has 0 bridgehead atoms. The highest BCUT2D eigenvalue weighted by Crippen LogP contribution is 2.17. The lowest BCUT2D eigenvalue weighted by Crippen LogP contribution is -2.18. The van der Waals surface area contributed by atoms with E-state index in [9.17, 15) is 0 Å². The van der Waals surface area contributed by atoms with Crippen molar-refractivity contribution < 1.29 is 4.74 Å². The topological polar surface area (TPSA) is 52.0 Å². The summed E-state index contributed by atoms with van der Waals surface area (Å²) in [6.07, 6.45) is 7.37. The van der Waals surface area contributed by atoms with Gasteiger partial charge in [0.15, 0.2) is 0 Å². The van der Waals surface area contributed by atoms with E-state index in [0.717, 1.165) is 17.8 Å². The molecule has 0 aliphatic carbocycles. The van der Waals surface area contributed by atoms with Crippen LogP contribution in [-0.4, -0.2) is 21.6 Å². The standard InChI is InChI=1S/C18H20N4O/c1-14(20-11-15-6-7-18(23-2)21-12-15)16-4-3-5-17(10-16)22-9-8-19-13-22/h3-10,12-14,20H,11H2,1-2H3/t14-/m0/s1. The molecular formula is C18H20N4O. The van der Waals surface area contributed by atoms with Crippen LogP contribution in [0.25, 0.3) is 5.69 Å². The van der Waals surface area contributed by atoms with Crippen LogP contribution < -0.4 is 10.1 Å². The molecule has 0 fully saturated rings. The minimum Gasteiger partial charge on any atom is -0.481 e. The van der Waals surface area contributed by atoms with Gasteiger partial charge in [-0.05, 0) is 30.2 Å². The molecule has 3 aromatic rings. The van der Waals surface area contributed by atoms with Crippen molar-refractivity contribution in [1.29, 1.82) is 0 Å². The highest BCUT2D eigenvalue weighted by atomic mass is 16.5. The smallest absolute Gasteiger partial charge is 0.212 e. The van der Waals surface area contributed by atoms with E-state index in [2.05, 4.69) is 46.5 Å². The molecule has 3 rings (SSSR count). The lowest BCUT2D eigenvalue weighted by Gasteiger charge is -2.15. The van der Waals surface area contributed by atoms with Crippen LogP contribution in [0, 0.1) is 0 Å². The van der Waals surface area contributed by atoms with Crippen LogP contribution in [0.4, 0.5) is 0 Å². The first-order chi connectivity index (χ1) is 11.3. The summed E-state index contributed by atoms with van der Waals surface area (Å²) in [5, 5.41) is 3.52. The molecule has 0 radical (unpaired) electrons. The summed E-state index contributed by atoms with van der Waals surface area (Å²) in [6, 6.07) is 12.6. The largest absolute Gasteiger partial charge is 0.481 e. The number of rotatable bonds is 6. The number of methoxy groups -OCH3 is 1. The fraction of sp³-hybridized carbons (Fsp3) is 0.222. The molecule has 0 spiro atoms. The fourth-order valence-electron chi connectivity index (χ4n) is 2.39. The molecule has 0 saturated carbocycles. The van der Waals surface area contributed by atoms with Crippen molar-refractivity contribution in [1.82, 2.24) is 19.9 Å². The second-order valence-electron chi connectivity index (χ2n) is 5.38. The van der Waals surface area contributed by atoms with Gasteiger partial charge in [-0.1, -0.05) is 18.2 Å². The number of pyridine rings is 1. The van der Waals surface area contributed by atoms with E-state index in [1.165, 1.54) is 5.56 Å². The van der Waals surface area contributed by atoms with Gasteiger partial charge in [0.2, 0.25) is 5.88 Å². The van der Waals surface area contributed by atoms with Crippen LogP contribution in [0.15, 0.2) is 61.3 Å². The first kappa shape index (κ1) is 15.2. The van der Waals surface area contributed by atoms with E-state index in [1.807, 2.05) is 29.1 Å². The molecule has 0 aliphatic rings. The number of nitrogens with zero attached hydrogens (tertiary/aromatic N) is 3. The molecule has 23 heavy (non-hydrogen) atoms. The van der Waals surface area contributed by atoms with E-state index in [-0.39, 0.29) is 6.04 Å². The van der Waals surface area contributed by atoms with Gasteiger partial charge in [0.1, 0.15) is 0 Å². The van der Waals surface area contributed by atoms with E-state index in [4.69, 9.17) is 4.74 Å². The Morgan fingerprint density at radius 3 is 2.87 bits per heavy atom. The summed E-state index contributed by atoms with van der Waals surface area (Å²) in [5.41, 5.74) is 3.47. The number of hydrogen-bond donors (Lipinski definition) is 1. The summed E-state index contributed by atoms with van der Waals surface area (Å²) in [7, 11) is 1.62. The van der Waals surface area contributed by atoms with E-state index in [0.29, 0.717) is 5.88 Å². The Kier molecular flexibility index (Phi) is 4.68. The molecule has 118 valence electrons. The Morgan fingerprint density at radius 1 is 1.26 bits per heavy atom. The number of nitrogens with one attached hydrogen (secondary N) is 1. The summed E-state index contributed by atoms with van der Waals surface area (Å²) in [4.78, 5) is 8.32. The normalized spacial score (nSPS) is 12.1. The number of aromatic nitrogens is 3. The Morgan fingerprint density at radius 2 is 2.17 bits per heavy atom. The lowest BCUT2D eigenvalue weighted by atomic mass is 10.1. The molecule has 5 heteroatoms. The third-order valence-electron chi connectivity index (χ3n) is 3.79. The molecule has 2 heterocycles. The van der Waals surface area contributed by atoms with Crippen LogP contribution in [0.1, 0.15) is 24.1 Å². The van der Waals surface area contributed by atoms with Crippen molar-refractivity contribution in [2.75, 3.05) is 7.11 Å². The zero-order valence-electron chi connectivity index (χ0n) is 13.3. The van der Waals surface area contributed by atoms with Crippen LogP contribution in [0.2, 0.25) is 0 Å². The monoisotopic (exact) mass is 308 g/mol. The van der Waals surface area contributed by atoms with Crippen molar-refractivity contribution in [3.05, 3.63) is 72.4 Å². The number of benzene rings is 1. The van der Waals surface area contributed by atoms with Crippen LogP contribution >= 0.6 is 0 Å². The third-order valence-corrected chi connectivity index (χ3v) is 3.79. The minimum absolute atomic E-state index is 0.237. The number of hydrogen-bond acceptors (Lipinski definition) is 4. The third kappa shape index (κ3) is 3.76. The van der Waals surface area contributed by atoms with Crippen molar-refractivity contribution in [3.63, 3.8) is 0 Å². The molecule has 0 unspecified atom stereocenters. The van der Waals surface area contributed by atoms with Gasteiger partial charge in [-0.2, -0.15) is 0 Å². The van der Waals surface area contributed by atoms with Crippen molar-refractivity contribution in [2.45, 2.75) is 19.5 Å². The summed E-state index contributed by atoms with van der Waals surface area (Å²) < 4.78 is 7.08. The Hall–Kier alpha value is -2.66. The molecule has 1 atom stereocenters. The van der Waals surface area contributed by atoms with Crippen LogP contribution in [0.3, 0.4) is 0 Å². The number of ether oxygens (including phenoxy) is 1. The second kappa shape index (κ2) is 7.07. The average molecular weight is 308 g/mol. The molecule has 1 aromatic carbocycles.